The maximum absolute atomic E-state index is 13.0. The number of hydrogen-bond acceptors (Lipinski definition) is 7. The molecule has 33 heavy (non-hydrogen) atoms. The van der Waals surface area contributed by atoms with Crippen LogP contribution in [0.15, 0.2) is 69.2 Å². The molecule has 0 aliphatic rings. The molecule has 0 bridgehead atoms. The fourth-order valence-corrected chi connectivity index (χ4v) is 4.16. The van der Waals surface area contributed by atoms with E-state index in [-0.39, 0.29) is 23.6 Å². The van der Waals surface area contributed by atoms with E-state index in [1.807, 2.05) is 31.2 Å². The Morgan fingerprint density at radius 2 is 1.97 bits per heavy atom. The van der Waals surface area contributed by atoms with Crippen LogP contribution in [0.25, 0.3) is 0 Å². The average molecular weight is 484 g/mol. The van der Waals surface area contributed by atoms with Crippen LogP contribution in [0.4, 0.5) is 11.4 Å². The Morgan fingerprint density at radius 3 is 2.64 bits per heavy atom. The number of aryl methyl sites for hydroxylation is 2. The lowest BCUT2D eigenvalue weighted by Crippen LogP contribution is -2.16. The van der Waals surface area contributed by atoms with E-state index < -0.39 is 10.8 Å². The minimum absolute atomic E-state index is 0.0679. The molecule has 0 aliphatic carbocycles. The molecule has 0 radical (unpaired) electrons. The molecule has 2 aromatic heterocycles. The highest BCUT2D eigenvalue weighted by molar-refractivity contribution is 7.99. The smallest absolute Gasteiger partial charge is 0.278 e. The van der Waals surface area contributed by atoms with Crippen molar-refractivity contribution in [2.45, 2.75) is 30.2 Å². The lowest BCUT2D eigenvalue weighted by atomic mass is 10.1. The van der Waals surface area contributed by atoms with Crippen LogP contribution in [-0.4, -0.2) is 25.8 Å². The Bertz CT molecular complexity index is 1330. The van der Waals surface area contributed by atoms with Gasteiger partial charge in [0.15, 0.2) is 5.69 Å². The number of hydrogen-bond donors (Lipinski definition) is 1. The average Bonchev–Trinajstić information content (AvgIpc) is 3.35. The highest BCUT2D eigenvalue weighted by Crippen LogP contribution is 2.33. The molecule has 0 saturated carbocycles. The fourth-order valence-electron chi connectivity index (χ4n) is 3.10. The number of nitrogens with one attached hydrogen (secondary N) is 1. The Labute approximate surface area is 197 Å². The molecular formula is C22H18ClN5O4S. The van der Waals surface area contributed by atoms with Gasteiger partial charge in [-0.2, -0.15) is 5.10 Å². The molecule has 2 aromatic carbocycles. The molecule has 0 fully saturated rings. The number of nitro groups is 1. The third kappa shape index (κ3) is 5.41. The lowest BCUT2D eigenvalue weighted by Gasteiger charge is -2.08. The summed E-state index contributed by atoms with van der Waals surface area (Å²) in [4.78, 5) is 25.5. The van der Waals surface area contributed by atoms with Gasteiger partial charge in [-0.25, -0.2) is 0 Å². The maximum atomic E-state index is 13.0. The topological polar surface area (TPSA) is 116 Å². The number of rotatable bonds is 7. The molecule has 0 saturated heterocycles. The van der Waals surface area contributed by atoms with Crippen molar-refractivity contribution in [3.63, 3.8) is 0 Å². The Kier molecular flexibility index (Phi) is 6.47. The number of aromatic nitrogens is 3. The first-order chi connectivity index (χ1) is 15.8. The third-order valence-electron chi connectivity index (χ3n) is 4.74. The van der Waals surface area contributed by atoms with Crippen molar-refractivity contribution in [3.05, 3.63) is 92.6 Å². The minimum atomic E-state index is -0.549. The van der Waals surface area contributed by atoms with Gasteiger partial charge in [-0.1, -0.05) is 46.2 Å². The van der Waals surface area contributed by atoms with E-state index in [1.165, 1.54) is 30.1 Å². The van der Waals surface area contributed by atoms with Crippen molar-refractivity contribution in [2.75, 3.05) is 5.32 Å². The quantitative estimate of drug-likeness (QED) is 0.272. The molecule has 1 amide bonds. The largest absolute Gasteiger partial charge is 0.361 e. The van der Waals surface area contributed by atoms with Crippen LogP contribution in [0.2, 0.25) is 5.02 Å². The number of amides is 1. The highest BCUT2D eigenvalue weighted by Gasteiger charge is 2.22. The van der Waals surface area contributed by atoms with Crippen molar-refractivity contribution in [1.29, 1.82) is 0 Å². The molecule has 4 rings (SSSR count). The van der Waals surface area contributed by atoms with Gasteiger partial charge in [0.05, 0.1) is 22.7 Å². The summed E-state index contributed by atoms with van der Waals surface area (Å²) < 4.78 is 6.77. The van der Waals surface area contributed by atoms with Crippen molar-refractivity contribution in [1.82, 2.24) is 14.9 Å². The number of nitro benzene ring substituents is 1. The van der Waals surface area contributed by atoms with Gasteiger partial charge < -0.3 is 9.84 Å². The van der Waals surface area contributed by atoms with Crippen LogP contribution in [0.5, 0.6) is 0 Å². The zero-order valence-electron chi connectivity index (χ0n) is 17.6. The number of halogens is 1. The van der Waals surface area contributed by atoms with Crippen LogP contribution < -0.4 is 5.32 Å². The Morgan fingerprint density at radius 1 is 1.21 bits per heavy atom. The van der Waals surface area contributed by atoms with Crippen LogP contribution >= 0.6 is 23.4 Å². The first kappa shape index (κ1) is 22.6. The predicted octanol–water partition coefficient (Wildman–Crippen LogP) is 5.50. The molecule has 0 unspecified atom stereocenters. The van der Waals surface area contributed by atoms with Crippen LogP contribution in [-0.2, 0) is 6.54 Å². The van der Waals surface area contributed by atoms with Crippen molar-refractivity contribution in [2.24, 2.45) is 0 Å². The van der Waals surface area contributed by atoms with E-state index in [1.54, 1.807) is 23.9 Å². The lowest BCUT2D eigenvalue weighted by molar-refractivity contribution is -0.385. The fraction of sp³-hybridized carbons (Fsp3) is 0.136. The minimum Gasteiger partial charge on any atom is -0.361 e. The SMILES string of the molecule is Cc1ccc(Sc2cc(NC(=O)c3noc(C)c3Cn3cc(Cl)cn3)cc([N+](=O)[O-])c2)cc1. The van der Waals surface area contributed by atoms with E-state index in [2.05, 4.69) is 15.6 Å². The number of anilines is 1. The summed E-state index contributed by atoms with van der Waals surface area (Å²) in [6, 6.07) is 12.2. The Hall–Kier alpha value is -3.63. The van der Waals surface area contributed by atoms with Gasteiger partial charge in [-0.05, 0) is 32.0 Å². The number of non-ortho nitro benzene ring substituents is 1. The van der Waals surface area contributed by atoms with Crippen LogP contribution in [0, 0.1) is 24.0 Å². The summed E-state index contributed by atoms with van der Waals surface area (Å²) in [5, 5.41) is 22.6. The first-order valence-electron chi connectivity index (χ1n) is 9.77. The third-order valence-corrected chi connectivity index (χ3v) is 5.91. The second-order valence-corrected chi connectivity index (χ2v) is 8.85. The van der Waals surface area contributed by atoms with Gasteiger partial charge in [0.1, 0.15) is 5.76 Å². The van der Waals surface area contributed by atoms with Gasteiger partial charge in [-0.3, -0.25) is 19.6 Å². The maximum Gasteiger partial charge on any atom is 0.278 e. The van der Waals surface area contributed by atoms with Crippen molar-refractivity contribution < 1.29 is 14.2 Å². The molecule has 0 atom stereocenters. The van der Waals surface area contributed by atoms with Gasteiger partial charge >= 0.3 is 0 Å². The summed E-state index contributed by atoms with van der Waals surface area (Å²) in [6.07, 6.45) is 3.10. The van der Waals surface area contributed by atoms with Crippen molar-refractivity contribution >= 4 is 40.6 Å². The number of carbonyl (C=O) groups is 1. The first-order valence-corrected chi connectivity index (χ1v) is 11.0. The monoisotopic (exact) mass is 483 g/mol. The van der Waals surface area contributed by atoms with E-state index in [0.29, 0.717) is 21.2 Å². The molecule has 2 heterocycles. The Balaban J connectivity index is 1.59. The van der Waals surface area contributed by atoms with Crippen LogP contribution in [0.1, 0.15) is 27.4 Å². The second kappa shape index (κ2) is 9.47. The van der Waals surface area contributed by atoms with E-state index in [4.69, 9.17) is 16.1 Å². The second-order valence-electron chi connectivity index (χ2n) is 7.26. The zero-order valence-corrected chi connectivity index (χ0v) is 19.2. The molecule has 9 nitrogen and oxygen atoms in total. The molecule has 0 spiro atoms. The normalized spacial score (nSPS) is 10.9. The number of carbonyl (C=O) groups excluding carboxylic acids is 1. The van der Waals surface area contributed by atoms with E-state index in [0.717, 1.165) is 10.5 Å². The molecule has 1 N–H and O–H groups in total. The molecule has 0 aliphatic heterocycles. The number of nitrogens with zero attached hydrogens (tertiary/aromatic N) is 4. The predicted molar refractivity (Wildman–Crippen MR) is 124 cm³/mol. The van der Waals surface area contributed by atoms with E-state index in [9.17, 15) is 14.9 Å². The molecular weight excluding hydrogens is 466 g/mol. The van der Waals surface area contributed by atoms with Gasteiger partial charge in [0.2, 0.25) is 0 Å². The van der Waals surface area contributed by atoms with Gasteiger partial charge in [0, 0.05) is 39.4 Å². The highest BCUT2D eigenvalue weighted by atomic mass is 35.5. The molecule has 4 aromatic rings. The van der Waals surface area contributed by atoms with Gasteiger partial charge in [0.25, 0.3) is 11.6 Å². The summed E-state index contributed by atoms with van der Waals surface area (Å²) >= 11 is 7.27. The summed E-state index contributed by atoms with van der Waals surface area (Å²) in [7, 11) is 0. The van der Waals surface area contributed by atoms with E-state index >= 15 is 0 Å². The van der Waals surface area contributed by atoms with Crippen molar-refractivity contribution in [3.8, 4) is 0 Å². The summed E-state index contributed by atoms with van der Waals surface area (Å²) in [5.74, 6) is -0.0895. The zero-order chi connectivity index (χ0) is 23.5. The van der Waals surface area contributed by atoms with Crippen LogP contribution in [0.3, 0.4) is 0 Å². The molecule has 11 heteroatoms. The molecule has 168 valence electrons. The summed E-state index contributed by atoms with van der Waals surface area (Å²) in [5.41, 5.74) is 1.86. The number of benzene rings is 2. The van der Waals surface area contributed by atoms with Gasteiger partial charge in [-0.15, -0.1) is 0 Å². The standard InChI is InChI=1S/C22H18ClN5O4S/c1-13-3-5-18(6-4-13)33-19-8-16(7-17(9-19)28(30)31)25-22(29)21-20(14(2)32-26-21)12-27-11-15(23)10-24-27/h3-11H,12H2,1-2H3,(H,25,29). The summed E-state index contributed by atoms with van der Waals surface area (Å²) in [6.45, 7) is 3.90.